The first-order chi connectivity index (χ1) is 13.6. The Balaban J connectivity index is 1.44. The van der Waals surface area contributed by atoms with Crippen molar-refractivity contribution in [3.8, 4) is 0 Å². The maximum atomic E-state index is 13.6. The van der Waals surface area contributed by atoms with Gasteiger partial charge in [-0.15, -0.1) is 15.3 Å². The molecule has 0 aliphatic carbocycles. The van der Waals surface area contributed by atoms with Crippen molar-refractivity contribution < 1.29 is 13.6 Å². The SMILES string of the molecule is O=C(C=Cc1cc(F)ccc1F)NCc1nnc2ccc(N3CCCC3)nn12. The lowest BCUT2D eigenvalue weighted by Gasteiger charge is -2.15. The number of carbonyl (C=O) groups is 1. The number of amides is 1. The third kappa shape index (κ3) is 3.83. The Kier molecular flexibility index (Phi) is 4.96. The van der Waals surface area contributed by atoms with Gasteiger partial charge >= 0.3 is 0 Å². The Morgan fingerprint density at radius 3 is 2.79 bits per heavy atom. The summed E-state index contributed by atoms with van der Waals surface area (Å²) in [5, 5.41) is 15.3. The van der Waals surface area contributed by atoms with Gasteiger partial charge in [-0.3, -0.25) is 4.79 Å². The maximum absolute atomic E-state index is 13.6. The van der Waals surface area contributed by atoms with Crippen LogP contribution in [0, 0.1) is 11.6 Å². The fraction of sp³-hybridized carbons (Fsp3) is 0.263. The predicted molar refractivity (Wildman–Crippen MR) is 99.5 cm³/mol. The third-order valence-electron chi connectivity index (χ3n) is 4.54. The van der Waals surface area contributed by atoms with Crippen LogP contribution in [0.5, 0.6) is 0 Å². The van der Waals surface area contributed by atoms with Crippen molar-refractivity contribution in [1.82, 2.24) is 25.1 Å². The van der Waals surface area contributed by atoms with E-state index in [1.165, 1.54) is 6.08 Å². The molecule has 0 spiro atoms. The standard InChI is InChI=1S/C19H18F2N6O/c20-14-4-5-15(21)13(11-14)3-8-19(28)22-12-18-24-23-16-6-7-17(25-27(16)18)26-9-1-2-10-26/h3-8,11H,1-2,9-10,12H2,(H,22,28). The molecule has 0 unspecified atom stereocenters. The summed E-state index contributed by atoms with van der Waals surface area (Å²) in [6.07, 6.45) is 4.65. The minimum Gasteiger partial charge on any atom is -0.355 e. The van der Waals surface area contributed by atoms with Crippen LogP contribution >= 0.6 is 0 Å². The molecule has 3 heterocycles. The van der Waals surface area contributed by atoms with Crippen LogP contribution in [0.4, 0.5) is 14.6 Å². The highest BCUT2D eigenvalue weighted by atomic mass is 19.1. The van der Waals surface area contributed by atoms with Gasteiger partial charge < -0.3 is 10.2 Å². The summed E-state index contributed by atoms with van der Waals surface area (Å²) < 4.78 is 28.4. The van der Waals surface area contributed by atoms with Crippen LogP contribution in [0.25, 0.3) is 11.7 Å². The van der Waals surface area contributed by atoms with Gasteiger partial charge in [0.2, 0.25) is 5.91 Å². The van der Waals surface area contributed by atoms with E-state index in [0.717, 1.165) is 56.0 Å². The minimum atomic E-state index is -0.604. The lowest BCUT2D eigenvalue weighted by atomic mass is 10.2. The molecule has 144 valence electrons. The van der Waals surface area contributed by atoms with Gasteiger partial charge in [-0.2, -0.15) is 4.52 Å². The zero-order valence-corrected chi connectivity index (χ0v) is 15.0. The molecule has 1 saturated heterocycles. The molecule has 1 aromatic carbocycles. The Morgan fingerprint density at radius 2 is 1.96 bits per heavy atom. The lowest BCUT2D eigenvalue weighted by molar-refractivity contribution is -0.116. The van der Waals surface area contributed by atoms with Crippen molar-refractivity contribution in [3.63, 3.8) is 0 Å². The molecule has 1 amide bonds. The van der Waals surface area contributed by atoms with Crippen molar-refractivity contribution in [2.45, 2.75) is 19.4 Å². The van der Waals surface area contributed by atoms with Gasteiger partial charge in [0.1, 0.15) is 17.5 Å². The molecule has 0 saturated carbocycles. The van der Waals surface area contributed by atoms with Crippen LogP contribution in [0.2, 0.25) is 0 Å². The highest BCUT2D eigenvalue weighted by molar-refractivity contribution is 5.91. The number of aromatic nitrogens is 4. The monoisotopic (exact) mass is 384 g/mol. The summed E-state index contributed by atoms with van der Waals surface area (Å²) in [4.78, 5) is 14.2. The van der Waals surface area contributed by atoms with Gasteiger partial charge in [0.05, 0.1) is 6.54 Å². The normalized spacial score (nSPS) is 14.3. The van der Waals surface area contributed by atoms with Crippen LogP contribution in [0.1, 0.15) is 24.2 Å². The van der Waals surface area contributed by atoms with Crippen LogP contribution < -0.4 is 10.2 Å². The van der Waals surface area contributed by atoms with Gasteiger partial charge in [0.15, 0.2) is 11.5 Å². The van der Waals surface area contributed by atoms with Gasteiger partial charge in [-0.05, 0) is 49.2 Å². The Morgan fingerprint density at radius 1 is 1.14 bits per heavy atom. The van der Waals surface area contributed by atoms with E-state index < -0.39 is 17.5 Å². The molecule has 1 aliphatic heterocycles. The fourth-order valence-electron chi connectivity index (χ4n) is 3.08. The van der Waals surface area contributed by atoms with Crippen molar-refractivity contribution in [2.24, 2.45) is 0 Å². The smallest absolute Gasteiger partial charge is 0.244 e. The second-order valence-electron chi connectivity index (χ2n) is 6.49. The van der Waals surface area contributed by atoms with E-state index in [2.05, 4.69) is 25.5 Å². The number of anilines is 1. The molecule has 9 heteroatoms. The second-order valence-corrected chi connectivity index (χ2v) is 6.49. The molecular weight excluding hydrogens is 366 g/mol. The first-order valence-electron chi connectivity index (χ1n) is 8.97. The Hall–Kier alpha value is -3.36. The maximum Gasteiger partial charge on any atom is 0.244 e. The van der Waals surface area contributed by atoms with Crippen molar-refractivity contribution in [1.29, 1.82) is 0 Å². The third-order valence-corrected chi connectivity index (χ3v) is 4.54. The molecule has 0 atom stereocenters. The minimum absolute atomic E-state index is 0.000000733. The molecule has 28 heavy (non-hydrogen) atoms. The summed E-state index contributed by atoms with van der Waals surface area (Å²) in [5.74, 6) is -0.312. The molecule has 1 N–H and O–H groups in total. The van der Waals surface area contributed by atoms with Gasteiger partial charge in [-0.25, -0.2) is 8.78 Å². The number of carbonyl (C=O) groups excluding carboxylic acids is 1. The lowest BCUT2D eigenvalue weighted by Crippen LogP contribution is -2.23. The van der Waals surface area contributed by atoms with Gasteiger partial charge in [0.25, 0.3) is 0 Å². The molecule has 1 aliphatic rings. The number of nitrogens with zero attached hydrogens (tertiary/aromatic N) is 5. The molecule has 2 aromatic heterocycles. The molecule has 3 aromatic rings. The number of halogens is 2. The number of nitrogens with one attached hydrogen (secondary N) is 1. The van der Waals surface area contributed by atoms with E-state index in [4.69, 9.17) is 0 Å². The van der Waals surface area contributed by atoms with Crippen molar-refractivity contribution in [2.75, 3.05) is 18.0 Å². The summed E-state index contributed by atoms with van der Waals surface area (Å²) in [5.41, 5.74) is 0.588. The number of fused-ring (bicyclic) bond motifs is 1. The Bertz CT molecular complexity index is 1040. The zero-order chi connectivity index (χ0) is 19.5. The number of hydrogen-bond acceptors (Lipinski definition) is 5. The first kappa shape index (κ1) is 18.0. The first-order valence-corrected chi connectivity index (χ1v) is 8.97. The van der Waals surface area contributed by atoms with Crippen molar-refractivity contribution in [3.05, 3.63) is 59.4 Å². The average molecular weight is 384 g/mol. The van der Waals surface area contributed by atoms with E-state index in [1.807, 2.05) is 12.1 Å². The summed E-state index contributed by atoms with van der Waals surface area (Å²) in [6.45, 7) is 2.04. The van der Waals surface area contributed by atoms with E-state index in [0.29, 0.717) is 11.5 Å². The highest BCUT2D eigenvalue weighted by Crippen LogP contribution is 2.18. The molecule has 7 nitrogen and oxygen atoms in total. The second kappa shape index (κ2) is 7.71. The predicted octanol–water partition coefficient (Wildman–Crippen LogP) is 2.33. The van der Waals surface area contributed by atoms with Crippen LogP contribution in [0.3, 0.4) is 0 Å². The highest BCUT2D eigenvalue weighted by Gasteiger charge is 2.15. The zero-order valence-electron chi connectivity index (χ0n) is 15.0. The summed E-state index contributed by atoms with van der Waals surface area (Å²) >= 11 is 0. The van der Waals surface area contributed by atoms with Crippen molar-refractivity contribution >= 4 is 23.4 Å². The fourth-order valence-corrected chi connectivity index (χ4v) is 3.08. The number of benzene rings is 1. The average Bonchev–Trinajstić information content (AvgIpc) is 3.36. The molecule has 4 rings (SSSR count). The van der Waals surface area contributed by atoms with E-state index >= 15 is 0 Å². The van der Waals surface area contributed by atoms with E-state index in [9.17, 15) is 13.6 Å². The topological polar surface area (TPSA) is 75.4 Å². The van der Waals surface area contributed by atoms with E-state index in [-0.39, 0.29) is 12.1 Å². The molecule has 0 radical (unpaired) electrons. The van der Waals surface area contributed by atoms with Gasteiger partial charge in [0, 0.05) is 24.7 Å². The largest absolute Gasteiger partial charge is 0.355 e. The van der Waals surface area contributed by atoms with Crippen LogP contribution in [-0.4, -0.2) is 38.8 Å². The summed E-state index contributed by atoms with van der Waals surface area (Å²) in [7, 11) is 0. The van der Waals surface area contributed by atoms with Crippen LogP contribution in [-0.2, 0) is 11.3 Å². The molecular formula is C19H18F2N6O. The number of rotatable bonds is 5. The quantitative estimate of drug-likeness (QED) is 0.684. The molecule has 1 fully saturated rings. The molecule has 0 bridgehead atoms. The van der Waals surface area contributed by atoms with Gasteiger partial charge in [-0.1, -0.05) is 0 Å². The van der Waals surface area contributed by atoms with Crippen LogP contribution in [0.15, 0.2) is 36.4 Å². The Labute approximate surface area is 159 Å². The number of hydrogen-bond donors (Lipinski definition) is 1. The summed E-state index contributed by atoms with van der Waals surface area (Å²) in [6, 6.07) is 6.81. The van der Waals surface area contributed by atoms with E-state index in [1.54, 1.807) is 4.52 Å².